The molecule has 144 valence electrons. The Bertz CT molecular complexity index is 614. The molecule has 0 bridgehead atoms. The second-order valence-corrected chi connectivity index (χ2v) is 6.55. The van der Waals surface area contributed by atoms with Gasteiger partial charge in [0.1, 0.15) is 5.88 Å². The predicted molar refractivity (Wildman–Crippen MR) is 104 cm³/mol. The number of methoxy groups -OCH3 is 1. The third-order valence-electron chi connectivity index (χ3n) is 3.60. The molecule has 0 fully saturated rings. The van der Waals surface area contributed by atoms with Crippen LogP contribution in [0.15, 0.2) is 30.4 Å². The zero-order valence-corrected chi connectivity index (χ0v) is 16.5. The summed E-state index contributed by atoms with van der Waals surface area (Å²) in [6, 6.07) is 5.13. The van der Waals surface area contributed by atoms with E-state index in [4.69, 9.17) is 21.1 Å². The van der Waals surface area contributed by atoms with Gasteiger partial charge < -0.3 is 14.8 Å². The highest BCUT2D eigenvalue weighted by atomic mass is 35.5. The minimum absolute atomic E-state index is 0.0226. The van der Waals surface area contributed by atoms with Gasteiger partial charge >= 0.3 is 5.97 Å². The van der Waals surface area contributed by atoms with Crippen LogP contribution in [0, 0.1) is 5.92 Å². The highest BCUT2D eigenvalue weighted by Crippen LogP contribution is 2.28. The van der Waals surface area contributed by atoms with Gasteiger partial charge in [0.25, 0.3) is 0 Å². The lowest BCUT2D eigenvalue weighted by molar-refractivity contribution is -0.131. The molecule has 1 N–H and O–H groups in total. The van der Waals surface area contributed by atoms with Crippen molar-refractivity contribution in [3.8, 4) is 11.5 Å². The van der Waals surface area contributed by atoms with Gasteiger partial charge in [0.2, 0.25) is 5.91 Å². The molecule has 1 rings (SSSR count). The van der Waals surface area contributed by atoms with E-state index in [1.54, 1.807) is 18.2 Å². The topological polar surface area (TPSA) is 64.6 Å². The summed E-state index contributed by atoms with van der Waals surface area (Å²) in [5, 5.41) is 2.89. The minimum atomic E-state index is -0.547. The maximum absolute atomic E-state index is 11.9. The fourth-order valence-electron chi connectivity index (χ4n) is 2.26. The zero-order valence-electron chi connectivity index (χ0n) is 15.7. The molecule has 0 saturated heterocycles. The molecule has 0 aliphatic rings. The van der Waals surface area contributed by atoms with Crippen LogP contribution in [-0.2, 0) is 16.1 Å². The first-order valence-corrected chi connectivity index (χ1v) is 9.36. The van der Waals surface area contributed by atoms with E-state index in [1.807, 2.05) is 0 Å². The van der Waals surface area contributed by atoms with E-state index in [9.17, 15) is 9.59 Å². The smallest absolute Gasteiger partial charge is 0.326 e. The second-order valence-electron chi connectivity index (χ2n) is 6.29. The lowest BCUT2D eigenvalue weighted by Gasteiger charge is -2.11. The Morgan fingerprint density at radius 2 is 2.00 bits per heavy atom. The van der Waals surface area contributed by atoms with Gasteiger partial charge in [0, 0.05) is 13.0 Å². The number of benzene rings is 1. The summed E-state index contributed by atoms with van der Waals surface area (Å²) in [5.74, 6) is 0.549. The van der Waals surface area contributed by atoms with E-state index in [2.05, 4.69) is 31.3 Å². The lowest BCUT2D eigenvalue weighted by Crippen LogP contribution is -2.22. The van der Waals surface area contributed by atoms with E-state index in [-0.39, 0.29) is 11.8 Å². The van der Waals surface area contributed by atoms with Crippen LogP contribution in [-0.4, -0.2) is 24.9 Å². The molecular formula is C20H28ClNO4. The third-order valence-corrected chi connectivity index (χ3v) is 3.81. The number of esters is 1. The molecule has 0 unspecified atom stereocenters. The van der Waals surface area contributed by atoms with Crippen molar-refractivity contribution < 1.29 is 19.1 Å². The van der Waals surface area contributed by atoms with Crippen LogP contribution in [0.3, 0.4) is 0 Å². The van der Waals surface area contributed by atoms with Gasteiger partial charge in [-0.25, -0.2) is 0 Å². The number of ether oxygens (including phenoxy) is 2. The highest BCUT2D eigenvalue weighted by Gasteiger charge is 2.10. The maximum atomic E-state index is 11.9. The Morgan fingerprint density at radius 1 is 1.23 bits per heavy atom. The summed E-state index contributed by atoms with van der Waals surface area (Å²) in [7, 11) is 1.49. The van der Waals surface area contributed by atoms with Crippen molar-refractivity contribution in [2.45, 2.75) is 46.1 Å². The summed E-state index contributed by atoms with van der Waals surface area (Å²) in [6.07, 6.45) is 7.74. The summed E-state index contributed by atoms with van der Waals surface area (Å²) in [5.41, 5.74) is 0.862. The van der Waals surface area contributed by atoms with Crippen LogP contribution in [0.25, 0.3) is 0 Å². The Hall–Kier alpha value is -2.01. The van der Waals surface area contributed by atoms with Gasteiger partial charge in [-0.1, -0.05) is 32.1 Å². The van der Waals surface area contributed by atoms with Gasteiger partial charge in [-0.15, -0.1) is 11.6 Å². The van der Waals surface area contributed by atoms with E-state index in [0.717, 1.165) is 24.8 Å². The fraction of sp³-hybridized carbons (Fsp3) is 0.500. The van der Waals surface area contributed by atoms with Crippen molar-refractivity contribution in [1.82, 2.24) is 5.32 Å². The largest absolute Gasteiger partial charge is 0.493 e. The Balaban J connectivity index is 2.39. The van der Waals surface area contributed by atoms with Crippen molar-refractivity contribution in [3.63, 3.8) is 0 Å². The molecule has 0 radical (unpaired) electrons. The first-order chi connectivity index (χ1) is 12.5. The Kier molecular flexibility index (Phi) is 10.5. The van der Waals surface area contributed by atoms with Crippen molar-refractivity contribution >= 4 is 23.5 Å². The Labute approximate surface area is 160 Å². The molecule has 6 heteroatoms. The number of nitrogens with one attached hydrogen (secondary N) is 1. The maximum Gasteiger partial charge on any atom is 0.326 e. The van der Waals surface area contributed by atoms with Crippen molar-refractivity contribution in [2.75, 3.05) is 13.0 Å². The normalized spacial score (nSPS) is 11.0. The molecule has 1 aromatic rings. The first-order valence-electron chi connectivity index (χ1n) is 8.83. The summed E-state index contributed by atoms with van der Waals surface area (Å²) in [6.45, 7) is 4.69. The number of hydrogen-bond donors (Lipinski definition) is 1. The molecule has 0 aliphatic heterocycles. The van der Waals surface area contributed by atoms with E-state index in [0.29, 0.717) is 30.4 Å². The zero-order chi connectivity index (χ0) is 19.4. The van der Waals surface area contributed by atoms with E-state index >= 15 is 0 Å². The molecule has 1 aromatic carbocycles. The number of unbranched alkanes of at least 4 members (excludes halogenated alkanes) is 2. The number of carbonyl (C=O) groups is 2. The van der Waals surface area contributed by atoms with Crippen LogP contribution < -0.4 is 14.8 Å². The molecule has 0 spiro atoms. The summed E-state index contributed by atoms with van der Waals surface area (Å²) in [4.78, 5) is 23.2. The number of carbonyl (C=O) groups excluding carboxylic acids is 2. The van der Waals surface area contributed by atoms with Crippen LogP contribution in [0.1, 0.15) is 45.1 Å². The number of allylic oxidation sites excluding steroid dienone is 2. The third kappa shape index (κ3) is 8.90. The first kappa shape index (κ1) is 22.0. The van der Waals surface area contributed by atoms with Crippen molar-refractivity contribution in [1.29, 1.82) is 0 Å². The van der Waals surface area contributed by atoms with Crippen LogP contribution in [0.5, 0.6) is 11.5 Å². The second kappa shape index (κ2) is 12.4. The average Bonchev–Trinajstić information content (AvgIpc) is 2.63. The minimum Gasteiger partial charge on any atom is -0.493 e. The van der Waals surface area contributed by atoms with Crippen molar-refractivity contribution in [2.24, 2.45) is 5.92 Å². The molecule has 0 aromatic heterocycles. The summed E-state index contributed by atoms with van der Waals surface area (Å²) >= 11 is 5.43. The number of hydrogen-bond acceptors (Lipinski definition) is 4. The lowest BCUT2D eigenvalue weighted by atomic mass is 10.1. The molecule has 0 saturated carbocycles. The average molecular weight is 382 g/mol. The van der Waals surface area contributed by atoms with E-state index < -0.39 is 5.97 Å². The number of alkyl halides is 1. The number of amides is 1. The summed E-state index contributed by atoms with van der Waals surface area (Å²) < 4.78 is 10.3. The van der Waals surface area contributed by atoms with Crippen LogP contribution in [0.2, 0.25) is 0 Å². The molecule has 0 aliphatic carbocycles. The molecular weight excluding hydrogens is 354 g/mol. The van der Waals surface area contributed by atoms with Crippen LogP contribution in [0.4, 0.5) is 0 Å². The standard InChI is InChI=1S/C20H28ClNO4/c1-15(2)8-6-4-5-7-9-19(23)22-14-16-10-11-17(18(12-16)25-3)26-20(24)13-21/h6,8,10-12,15H,4-5,7,9,13-14H2,1-3H3,(H,22,23). The van der Waals surface area contributed by atoms with Gasteiger partial charge in [-0.2, -0.15) is 0 Å². The Morgan fingerprint density at radius 3 is 2.65 bits per heavy atom. The SMILES string of the molecule is COc1cc(CNC(=O)CCCCC=CC(C)C)ccc1OC(=O)CCl. The van der Waals surface area contributed by atoms with E-state index in [1.165, 1.54) is 7.11 Å². The monoisotopic (exact) mass is 381 g/mol. The predicted octanol–water partition coefficient (Wildman–Crippen LogP) is 4.23. The molecule has 1 amide bonds. The molecule has 0 atom stereocenters. The number of rotatable bonds is 11. The van der Waals surface area contributed by atoms with Gasteiger partial charge in [-0.3, -0.25) is 9.59 Å². The number of halogens is 1. The van der Waals surface area contributed by atoms with Crippen LogP contribution >= 0.6 is 11.6 Å². The van der Waals surface area contributed by atoms with Crippen molar-refractivity contribution in [3.05, 3.63) is 35.9 Å². The molecule has 5 nitrogen and oxygen atoms in total. The quantitative estimate of drug-likeness (QED) is 0.205. The van der Waals surface area contributed by atoms with Gasteiger partial charge in [0.05, 0.1) is 7.11 Å². The molecule has 26 heavy (non-hydrogen) atoms. The van der Waals surface area contributed by atoms with Gasteiger partial charge in [0.15, 0.2) is 11.5 Å². The van der Waals surface area contributed by atoms with Gasteiger partial charge in [-0.05, 0) is 42.9 Å². The fourth-order valence-corrected chi connectivity index (χ4v) is 2.32. The highest BCUT2D eigenvalue weighted by molar-refractivity contribution is 6.26. The molecule has 0 heterocycles.